The minimum Gasteiger partial charge on any atom is -0.362 e. The summed E-state index contributed by atoms with van der Waals surface area (Å²) in [4.78, 5) is 14.1. The van der Waals surface area contributed by atoms with E-state index in [1.165, 1.54) is 19.1 Å². The molecule has 1 amide bonds. The predicted molar refractivity (Wildman–Crippen MR) is 107 cm³/mol. The maximum Gasteiger partial charge on any atom is 0.221 e. The van der Waals surface area contributed by atoms with Gasteiger partial charge in [-0.25, -0.2) is 4.39 Å². The van der Waals surface area contributed by atoms with Crippen LogP contribution >= 0.6 is 12.2 Å². The first-order chi connectivity index (χ1) is 12.5. The van der Waals surface area contributed by atoms with Crippen LogP contribution in [0.3, 0.4) is 0 Å². The van der Waals surface area contributed by atoms with Crippen molar-refractivity contribution in [3.8, 4) is 0 Å². The Kier molecular flexibility index (Phi) is 5.48. The third-order valence-corrected chi connectivity index (χ3v) is 4.12. The number of aromatic amines is 1. The van der Waals surface area contributed by atoms with Crippen molar-refractivity contribution in [2.75, 3.05) is 17.2 Å². The van der Waals surface area contributed by atoms with Crippen LogP contribution in [0.2, 0.25) is 0 Å². The lowest BCUT2D eigenvalue weighted by Gasteiger charge is -2.11. The van der Waals surface area contributed by atoms with Gasteiger partial charge in [0.25, 0.3) is 0 Å². The summed E-state index contributed by atoms with van der Waals surface area (Å²) in [6.07, 6.45) is 2.65. The van der Waals surface area contributed by atoms with Crippen LogP contribution in [0.1, 0.15) is 12.5 Å². The number of H-pyrrole nitrogens is 1. The molecule has 0 fully saturated rings. The second kappa shape index (κ2) is 7.97. The second-order valence-electron chi connectivity index (χ2n) is 5.89. The number of aromatic nitrogens is 1. The van der Waals surface area contributed by atoms with Crippen molar-refractivity contribution in [2.24, 2.45) is 0 Å². The van der Waals surface area contributed by atoms with Crippen molar-refractivity contribution < 1.29 is 9.18 Å². The van der Waals surface area contributed by atoms with E-state index in [9.17, 15) is 9.18 Å². The first-order valence-corrected chi connectivity index (χ1v) is 8.60. The van der Waals surface area contributed by atoms with Crippen LogP contribution in [0.4, 0.5) is 15.8 Å². The Morgan fingerprint density at radius 1 is 1.12 bits per heavy atom. The molecule has 0 aliphatic carbocycles. The van der Waals surface area contributed by atoms with Gasteiger partial charge in [-0.3, -0.25) is 4.79 Å². The number of nitrogens with one attached hydrogen (secondary N) is 4. The first kappa shape index (κ1) is 17.9. The summed E-state index contributed by atoms with van der Waals surface area (Å²) in [5, 5.41) is 10.5. The topological polar surface area (TPSA) is 69.0 Å². The minimum atomic E-state index is -0.251. The Balaban J connectivity index is 1.50. The highest BCUT2D eigenvalue weighted by molar-refractivity contribution is 7.80. The summed E-state index contributed by atoms with van der Waals surface area (Å²) >= 11 is 5.30. The molecular weight excluding hydrogens is 351 g/mol. The van der Waals surface area contributed by atoms with Gasteiger partial charge in [-0.15, -0.1) is 0 Å². The van der Waals surface area contributed by atoms with Crippen molar-refractivity contribution in [1.82, 2.24) is 10.3 Å². The fraction of sp³-hybridized carbons (Fsp3) is 0.158. The van der Waals surface area contributed by atoms with Crippen LogP contribution in [0, 0.1) is 5.82 Å². The molecule has 3 rings (SSSR count). The number of benzene rings is 2. The van der Waals surface area contributed by atoms with Gasteiger partial charge in [-0.05, 0) is 66.7 Å². The van der Waals surface area contributed by atoms with Gasteiger partial charge in [-0.1, -0.05) is 0 Å². The number of amides is 1. The molecule has 4 N–H and O–H groups in total. The quantitative estimate of drug-likeness (QED) is 0.516. The molecule has 5 nitrogen and oxygen atoms in total. The number of fused-ring (bicyclic) bond motifs is 1. The van der Waals surface area contributed by atoms with Gasteiger partial charge in [-0.2, -0.15) is 0 Å². The van der Waals surface area contributed by atoms with Crippen LogP contribution in [0.5, 0.6) is 0 Å². The van der Waals surface area contributed by atoms with Crippen LogP contribution in [-0.4, -0.2) is 22.5 Å². The third-order valence-electron chi connectivity index (χ3n) is 3.87. The van der Waals surface area contributed by atoms with E-state index in [1.807, 2.05) is 18.3 Å². The van der Waals surface area contributed by atoms with E-state index >= 15 is 0 Å². The van der Waals surface area contributed by atoms with Gasteiger partial charge in [0.1, 0.15) is 5.82 Å². The average Bonchev–Trinajstić information content (AvgIpc) is 2.98. The number of thiocarbonyl (C=S) groups is 1. The van der Waals surface area contributed by atoms with Gasteiger partial charge in [0, 0.05) is 41.9 Å². The Morgan fingerprint density at radius 3 is 2.50 bits per heavy atom. The lowest BCUT2D eigenvalue weighted by molar-refractivity contribution is -0.114. The predicted octanol–water partition coefficient (Wildman–Crippen LogP) is 3.79. The molecule has 0 saturated heterocycles. The number of halogens is 1. The summed E-state index contributed by atoms with van der Waals surface area (Å²) < 4.78 is 13.2. The van der Waals surface area contributed by atoms with Crippen molar-refractivity contribution in [3.63, 3.8) is 0 Å². The second-order valence-corrected chi connectivity index (χ2v) is 6.30. The molecule has 0 aliphatic heterocycles. The maximum absolute atomic E-state index is 13.2. The van der Waals surface area contributed by atoms with E-state index in [2.05, 4.69) is 20.9 Å². The standard InChI is InChI=1S/C19H19FN4OS/c1-12(25)23-15-3-5-16(6-4-15)24-19(26)21-9-8-13-11-22-18-10-14(20)2-7-17(13)18/h2-7,10-11,22H,8-9H2,1H3,(H,23,25)(H2,21,24,26). The molecule has 0 saturated carbocycles. The van der Waals surface area contributed by atoms with Crippen LogP contribution in [-0.2, 0) is 11.2 Å². The van der Waals surface area contributed by atoms with E-state index < -0.39 is 0 Å². The van der Waals surface area contributed by atoms with Gasteiger partial charge < -0.3 is 20.9 Å². The van der Waals surface area contributed by atoms with Crippen molar-refractivity contribution in [2.45, 2.75) is 13.3 Å². The van der Waals surface area contributed by atoms with E-state index in [0.717, 1.165) is 34.3 Å². The van der Waals surface area contributed by atoms with Crippen molar-refractivity contribution >= 4 is 45.5 Å². The van der Waals surface area contributed by atoms with Crippen LogP contribution in [0.25, 0.3) is 10.9 Å². The summed E-state index contributed by atoms with van der Waals surface area (Å²) in [5.74, 6) is -0.359. The molecule has 0 atom stereocenters. The molecule has 3 aromatic rings. The largest absolute Gasteiger partial charge is 0.362 e. The Hall–Kier alpha value is -2.93. The zero-order chi connectivity index (χ0) is 18.5. The molecule has 0 radical (unpaired) electrons. The van der Waals surface area contributed by atoms with Gasteiger partial charge in [0.2, 0.25) is 5.91 Å². The lowest BCUT2D eigenvalue weighted by Crippen LogP contribution is -2.30. The zero-order valence-electron chi connectivity index (χ0n) is 14.2. The van der Waals surface area contributed by atoms with Crippen LogP contribution < -0.4 is 16.0 Å². The minimum absolute atomic E-state index is 0.108. The Morgan fingerprint density at radius 2 is 1.81 bits per heavy atom. The Bertz CT molecular complexity index is 936. The van der Waals surface area contributed by atoms with Gasteiger partial charge in [0.15, 0.2) is 5.11 Å². The summed E-state index contributed by atoms with van der Waals surface area (Å²) in [6.45, 7) is 2.12. The van der Waals surface area contributed by atoms with E-state index in [-0.39, 0.29) is 11.7 Å². The number of rotatable bonds is 5. The monoisotopic (exact) mass is 370 g/mol. The molecule has 7 heteroatoms. The lowest BCUT2D eigenvalue weighted by atomic mass is 10.1. The highest BCUT2D eigenvalue weighted by atomic mass is 32.1. The maximum atomic E-state index is 13.2. The zero-order valence-corrected chi connectivity index (χ0v) is 15.0. The molecular formula is C19H19FN4OS. The molecule has 0 unspecified atom stereocenters. The molecule has 0 spiro atoms. The van der Waals surface area contributed by atoms with E-state index in [1.54, 1.807) is 18.2 Å². The average molecular weight is 370 g/mol. The molecule has 26 heavy (non-hydrogen) atoms. The number of hydrogen-bond donors (Lipinski definition) is 4. The highest BCUT2D eigenvalue weighted by Crippen LogP contribution is 2.19. The number of carbonyl (C=O) groups is 1. The molecule has 1 heterocycles. The number of anilines is 2. The van der Waals surface area contributed by atoms with Gasteiger partial charge >= 0.3 is 0 Å². The molecule has 2 aromatic carbocycles. The fourth-order valence-corrected chi connectivity index (χ4v) is 2.91. The molecule has 0 aliphatic rings. The summed E-state index contributed by atoms with van der Waals surface area (Å²) in [6, 6.07) is 12.0. The smallest absolute Gasteiger partial charge is 0.221 e. The number of hydrogen-bond acceptors (Lipinski definition) is 2. The Labute approximate surface area is 156 Å². The molecule has 1 aromatic heterocycles. The SMILES string of the molecule is CC(=O)Nc1ccc(NC(=S)NCCc2c[nH]c3cc(F)ccc23)cc1. The molecule has 0 bridgehead atoms. The normalized spacial score (nSPS) is 10.5. The number of carbonyl (C=O) groups excluding carboxylic acids is 1. The summed E-state index contributed by atoms with van der Waals surface area (Å²) in [5.41, 5.74) is 3.46. The van der Waals surface area contributed by atoms with Gasteiger partial charge in [0.05, 0.1) is 0 Å². The highest BCUT2D eigenvalue weighted by Gasteiger charge is 2.05. The van der Waals surface area contributed by atoms with Crippen LogP contribution in [0.15, 0.2) is 48.7 Å². The van der Waals surface area contributed by atoms with E-state index in [4.69, 9.17) is 12.2 Å². The van der Waals surface area contributed by atoms with Crippen molar-refractivity contribution in [3.05, 3.63) is 60.0 Å². The fourth-order valence-electron chi connectivity index (χ4n) is 2.69. The molecule has 134 valence electrons. The third kappa shape index (κ3) is 4.58. The van der Waals surface area contributed by atoms with Crippen molar-refractivity contribution in [1.29, 1.82) is 0 Å². The summed E-state index contributed by atoms with van der Waals surface area (Å²) in [7, 11) is 0. The van der Waals surface area contributed by atoms with E-state index in [0.29, 0.717) is 11.7 Å². The first-order valence-electron chi connectivity index (χ1n) is 8.19.